The maximum atomic E-state index is 13.9. The SMILES string of the molecule is CC(C)n1c(=O)n(C)c2nnc3ccc(-c4ccc(C(OCCN5CCC(C)(C)C5)C(F)(F)F)nc4)cc3c21. The Labute approximate surface area is 224 Å². The number of aromatic nitrogens is 5. The van der Waals surface area contributed by atoms with E-state index in [1.54, 1.807) is 23.7 Å². The molecule has 11 heteroatoms. The van der Waals surface area contributed by atoms with Crippen LogP contribution in [0.5, 0.6) is 0 Å². The summed E-state index contributed by atoms with van der Waals surface area (Å²) in [5, 5.41) is 9.24. The number of fused-ring (bicyclic) bond motifs is 3. The maximum absolute atomic E-state index is 13.9. The number of nitrogens with zero attached hydrogens (tertiary/aromatic N) is 6. The number of rotatable bonds is 7. The molecule has 0 radical (unpaired) electrons. The number of alkyl halides is 3. The Bertz CT molecular complexity index is 1560. The largest absolute Gasteiger partial charge is 0.420 e. The second-order valence-electron chi connectivity index (χ2n) is 11.4. The first-order valence-corrected chi connectivity index (χ1v) is 13.1. The average Bonchev–Trinajstić information content (AvgIpc) is 3.36. The number of imidazole rings is 1. The van der Waals surface area contributed by atoms with Crippen molar-refractivity contribution in [1.82, 2.24) is 29.2 Å². The smallest absolute Gasteiger partial charge is 0.361 e. The molecule has 1 saturated heterocycles. The van der Waals surface area contributed by atoms with E-state index in [2.05, 4.69) is 33.9 Å². The molecule has 39 heavy (non-hydrogen) atoms. The van der Waals surface area contributed by atoms with E-state index in [1.807, 2.05) is 26.0 Å². The molecule has 0 spiro atoms. The van der Waals surface area contributed by atoms with E-state index in [1.165, 1.54) is 16.8 Å². The van der Waals surface area contributed by atoms with E-state index in [-0.39, 0.29) is 29.4 Å². The molecule has 1 unspecified atom stereocenters. The maximum Gasteiger partial charge on any atom is 0.420 e. The van der Waals surface area contributed by atoms with Crippen LogP contribution in [0.2, 0.25) is 0 Å². The molecule has 0 saturated carbocycles. The van der Waals surface area contributed by atoms with Crippen LogP contribution in [0, 0.1) is 5.41 Å². The van der Waals surface area contributed by atoms with Crippen LogP contribution in [0.3, 0.4) is 0 Å². The number of hydrogen-bond donors (Lipinski definition) is 0. The Kier molecular flexibility index (Phi) is 7.00. The lowest BCUT2D eigenvalue weighted by atomic mass is 9.93. The number of hydrogen-bond acceptors (Lipinski definition) is 6. The summed E-state index contributed by atoms with van der Waals surface area (Å²) in [4.78, 5) is 19.1. The van der Waals surface area contributed by atoms with Gasteiger partial charge in [0.25, 0.3) is 0 Å². The minimum absolute atomic E-state index is 0.0278. The lowest BCUT2D eigenvalue weighted by Crippen LogP contribution is -2.30. The summed E-state index contributed by atoms with van der Waals surface area (Å²) >= 11 is 0. The standard InChI is InChI=1S/C28H33F3N6O2/c1-17(2)37-23-20-14-18(6-8-21(20)33-34-25(23)35(5)26(37)38)19-7-9-22(32-15-19)24(28(29,30)31)39-13-12-36-11-10-27(3,4)16-36/h6-9,14-15,17,24H,10-13,16H2,1-5H3. The fraction of sp³-hybridized carbons (Fsp3) is 0.500. The van der Waals surface area contributed by atoms with E-state index >= 15 is 0 Å². The zero-order chi connectivity index (χ0) is 28.1. The van der Waals surface area contributed by atoms with Crippen molar-refractivity contribution in [1.29, 1.82) is 0 Å². The van der Waals surface area contributed by atoms with E-state index in [0.29, 0.717) is 28.8 Å². The number of aryl methyl sites for hydroxylation is 1. The molecule has 1 fully saturated rings. The highest BCUT2D eigenvalue weighted by molar-refractivity contribution is 6.02. The highest BCUT2D eigenvalue weighted by Gasteiger charge is 2.43. The zero-order valence-corrected chi connectivity index (χ0v) is 22.8. The highest BCUT2D eigenvalue weighted by atomic mass is 19.4. The first kappa shape index (κ1) is 27.3. The first-order valence-electron chi connectivity index (χ1n) is 13.1. The van der Waals surface area contributed by atoms with Gasteiger partial charge in [0.05, 0.1) is 17.8 Å². The molecule has 4 aromatic rings. The van der Waals surface area contributed by atoms with Crippen LogP contribution >= 0.6 is 0 Å². The molecular weight excluding hydrogens is 509 g/mol. The molecule has 0 bridgehead atoms. The van der Waals surface area contributed by atoms with Gasteiger partial charge in [0, 0.05) is 43.3 Å². The third-order valence-electron chi connectivity index (χ3n) is 7.42. The van der Waals surface area contributed by atoms with Gasteiger partial charge in [-0.15, -0.1) is 10.2 Å². The van der Waals surface area contributed by atoms with Crippen LogP contribution in [0.25, 0.3) is 33.2 Å². The Balaban J connectivity index is 1.42. The molecule has 8 nitrogen and oxygen atoms in total. The predicted octanol–water partition coefficient (Wildman–Crippen LogP) is 5.28. The van der Waals surface area contributed by atoms with Gasteiger partial charge < -0.3 is 9.64 Å². The predicted molar refractivity (Wildman–Crippen MR) is 143 cm³/mol. The minimum Gasteiger partial charge on any atom is -0.361 e. The van der Waals surface area contributed by atoms with Crippen LogP contribution in [0.15, 0.2) is 41.3 Å². The van der Waals surface area contributed by atoms with Crippen molar-refractivity contribution in [3.63, 3.8) is 0 Å². The summed E-state index contributed by atoms with van der Waals surface area (Å²) in [5.74, 6) is 0. The highest BCUT2D eigenvalue weighted by Crippen LogP contribution is 2.36. The first-order chi connectivity index (χ1) is 18.4. The topological polar surface area (TPSA) is 78.1 Å². The molecule has 208 valence electrons. The van der Waals surface area contributed by atoms with Gasteiger partial charge in [-0.05, 0) is 56.0 Å². The molecule has 4 heterocycles. The normalized spacial score (nSPS) is 17.1. The summed E-state index contributed by atoms with van der Waals surface area (Å²) in [7, 11) is 1.65. The second kappa shape index (κ2) is 10.0. The Morgan fingerprint density at radius 1 is 1.10 bits per heavy atom. The molecule has 0 amide bonds. The fourth-order valence-electron chi connectivity index (χ4n) is 5.35. The Morgan fingerprint density at radius 3 is 2.46 bits per heavy atom. The molecule has 1 aliphatic heterocycles. The number of benzene rings is 1. The van der Waals surface area contributed by atoms with Crippen molar-refractivity contribution in [2.45, 2.75) is 52.4 Å². The van der Waals surface area contributed by atoms with E-state index in [4.69, 9.17) is 4.74 Å². The van der Waals surface area contributed by atoms with Gasteiger partial charge in [-0.3, -0.25) is 14.1 Å². The van der Waals surface area contributed by atoms with Crippen molar-refractivity contribution in [3.05, 3.63) is 52.7 Å². The third kappa shape index (κ3) is 5.29. The summed E-state index contributed by atoms with van der Waals surface area (Å²) in [6, 6.07) is 8.35. The van der Waals surface area contributed by atoms with Crippen LogP contribution in [0.4, 0.5) is 13.2 Å². The summed E-state index contributed by atoms with van der Waals surface area (Å²) in [5.41, 5.74) is 2.93. The molecule has 1 aromatic carbocycles. The Morgan fingerprint density at radius 2 is 1.85 bits per heavy atom. The van der Waals surface area contributed by atoms with Crippen LogP contribution < -0.4 is 5.69 Å². The van der Waals surface area contributed by atoms with E-state index < -0.39 is 12.3 Å². The lowest BCUT2D eigenvalue weighted by Gasteiger charge is -2.23. The monoisotopic (exact) mass is 542 g/mol. The van der Waals surface area contributed by atoms with Crippen LogP contribution in [0.1, 0.15) is 52.0 Å². The lowest BCUT2D eigenvalue weighted by molar-refractivity contribution is -0.225. The molecule has 1 atom stereocenters. The van der Waals surface area contributed by atoms with Crippen LogP contribution in [-0.2, 0) is 11.8 Å². The quantitative estimate of drug-likeness (QED) is 0.316. The second-order valence-corrected chi connectivity index (χ2v) is 11.4. The molecule has 0 N–H and O–H groups in total. The molecular formula is C28H33F3N6O2. The van der Waals surface area contributed by atoms with Crippen molar-refractivity contribution in [3.8, 4) is 11.1 Å². The fourth-order valence-corrected chi connectivity index (χ4v) is 5.35. The van der Waals surface area contributed by atoms with Crippen molar-refractivity contribution >= 4 is 22.1 Å². The van der Waals surface area contributed by atoms with Gasteiger partial charge in [-0.25, -0.2) is 4.79 Å². The van der Waals surface area contributed by atoms with Crippen molar-refractivity contribution < 1.29 is 17.9 Å². The van der Waals surface area contributed by atoms with Gasteiger partial charge in [-0.2, -0.15) is 13.2 Å². The Hall–Kier alpha value is -3.31. The number of halogens is 3. The number of likely N-dealkylation sites (tertiary alicyclic amines) is 1. The van der Waals surface area contributed by atoms with Gasteiger partial charge in [0.15, 0.2) is 11.8 Å². The number of ether oxygens (including phenoxy) is 1. The van der Waals surface area contributed by atoms with Crippen molar-refractivity contribution in [2.24, 2.45) is 12.5 Å². The molecule has 0 aliphatic carbocycles. The van der Waals surface area contributed by atoms with Crippen LogP contribution in [-0.4, -0.2) is 61.6 Å². The van der Waals surface area contributed by atoms with E-state index in [9.17, 15) is 18.0 Å². The zero-order valence-electron chi connectivity index (χ0n) is 22.8. The van der Waals surface area contributed by atoms with E-state index in [0.717, 1.165) is 30.5 Å². The third-order valence-corrected chi connectivity index (χ3v) is 7.42. The average molecular weight is 543 g/mol. The van der Waals surface area contributed by atoms with Gasteiger partial charge in [0.2, 0.25) is 0 Å². The summed E-state index contributed by atoms with van der Waals surface area (Å²) < 4.78 is 50.2. The van der Waals surface area contributed by atoms with Gasteiger partial charge >= 0.3 is 11.9 Å². The van der Waals surface area contributed by atoms with Gasteiger partial charge in [0.1, 0.15) is 5.52 Å². The van der Waals surface area contributed by atoms with Crippen molar-refractivity contribution in [2.75, 3.05) is 26.2 Å². The minimum atomic E-state index is -4.58. The van der Waals surface area contributed by atoms with Gasteiger partial charge in [-0.1, -0.05) is 26.0 Å². The molecule has 3 aromatic heterocycles. The molecule has 5 rings (SSSR count). The number of pyridine rings is 1. The summed E-state index contributed by atoms with van der Waals surface area (Å²) in [6.07, 6.45) is -4.24. The summed E-state index contributed by atoms with van der Waals surface area (Å²) in [6.45, 7) is 10.3. The molecule has 1 aliphatic rings.